The van der Waals surface area contributed by atoms with Gasteiger partial charge in [0.05, 0.1) is 17.6 Å². The van der Waals surface area contributed by atoms with Gasteiger partial charge in [-0.2, -0.15) is 0 Å². The van der Waals surface area contributed by atoms with Crippen LogP contribution in [0.5, 0.6) is 5.75 Å². The van der Waals surface area contributed by atoms with Crippen LogP contribution in [0, 0.1) is 12.7 Å². The third-order valence-electron chi connectivity index (χ3n) is 3.03. The lowest BCUT2D eigenvalue weighted by molar-refractivity contribution is 0.404. The Bertz CT molecular complexity index is 628. The van der Waals surface area contributed by atoms with Gasteiger partial charge in [-0.15, -0.1) is 0 Å². The number of ether oxygens (including phenoxy) is 1. The number of benzene rings is 2. The molecule has 1 unspecified atom stereocenters. The summed E-state index contributed by atoms with van der Waals surface area (Å²) in [6.07, 6.45) is 0. The average molecular weight is 359 g/mol. The van der Waals surface area contributed by atoms with Gasteiger partial charge in [0.15, 0.2) is 0 Å². The lowest BCUT2D eigenvalue weighted by atomic mass is 9.97. The zero-order valence-electron chi connectivity index (χ0n) is 11.1. The van der Waals surface area contributed by atoms with Crippen molar-refractivity contribution in [2.24, 2.45) is 5.73 Å². The number of rotatable bonds is 3. The van der Waals surface area contributed by atoms with Crippen molar-refractivity contribution in [3.05, 3.63) is 62.3 Å². The predicted molar refractivity (Wildman–Crippen MR) is 82.9 cm³/mol. The van der Waals surface area contributed by atoms with Gasteiger partial charge in [-0.3, -0.25) is 0 Å². The third kappa shape index (κ3) is 3.14. The van der Waals surface area contributed by atoms with E-state index >= 15 is 0 Å². The van der Waals surface area contributed by atoms with Gasteiger partial charge >= 0.3 is 0 Å². The molecule has 0 aromatic heterocycles. The van der Waals surface area contributed by atoms with E-state index < -0.39 is 6.04 Å². The van der Waals surface area contributed by atoms with Gasteiger partial charge in [0.1, 0.15) is 11.6 Å². The smallest absolute Gasteiger partial charge is 0.141 e. The van der Waals surface area contributed by atoms with Crippen LogP contribution in [0.25, 0.3) is 0 Å². The standard InChI is InChI=1S/C15H14BrClFNO/c1-8-3-9(5-10(17)4-8)15(19)11-6-12(16)13(18)7-14(11)20-2/h3-7,15H,19H2,1-2H3. The summed E-state index contributed by atoms with van der Waals surface area (Å²) in [6, 6.07) is 8.11. The van der Waals surface area contributed by atoms with E-state index in [-0.39, 0.29) is 5.82 Å². The summed E-state index contributed by atoms with van der Waals surface area (Å²) < 4.78 is 19.1. The lowest BCUT2D eigenvalue weighted by Gasteiger charge is -2.17. The van der Waals surface area contributed by atoms with Crippen molar-refractivity contribution in [3.63, 3.8) is 0 Å². The molecule has 0 saturated heterocycles. The molecule has 106 valence electrons. The van der Waals surface area contributed by atoms with Crippen molar-refractivity contribution in [1.29, 1.82) is 0 Å². The average Bonchev–Trinajstić information content (AvgIpc) is 2.39. The molecule has 0 bridgehead atoms. The van der Waals surface area contributed by atoms with Crippen LogP contribution in [0.4, 0.5) is 4.39 Å². The van der Waals surface area contributed by atoms with Crippen LogP contribution in [0.15, 0.2) is 34.8 Å². The molecule has 0 aliphatic heterocycles. The summed E-state index contributed by atoms with van der Waals surface area (Å²) in [5.74, 6) is 0.0240. The summed E-state index contributed by atoms with van der Waals surface area (Å²) in [7, 11) is 1.49. The molecule has 1 atom stereocenters. The number of nitrogens with two attached hydrogens (primary N) is 1. The van der Waals surface area contributed by atoms with E-state index in [9.17, 15) is 4.39 Å². The summed E-state index contributed by atoms with van der Waals surface area (Å²) in [5.41, 5.74) is 8.83. The first kappa shape index (κ1) is 15.3. The van der Waals surface area contributed by atoms with E-state index in [1.807, 2.05) is 19.1 Å². The number of halogens is 3. The zero-order chi connectivity index (χ0) is 14.9. The summed E-state index contributed by atoms with van der Waals surface area (Å²) in [6.45, 7) is 1.94. The Morgan fingerprint density at radius 1 is 1.25 bits per heavy atom. The molecule has 0 saturated carbocycles. The summed E-state index contributed by atoms with van der Waals surface area (Å²) in [5, 5.41) is 0.621. The Morgan fingerprint density at radius 3 is 2.55 bits per heavy atom. The molecule has 0 aliphatic carbocycles. The highest BCUT2D eigenvalue weighted by molar-refractivity contribution is 9.10. The van der Waals surface area contributed by atoms with Gasteiger partial charge in [0, 0.05) is 16.7 Å². The van der Waals surface area contributed by atoms with E-state index in [1.165, 1.54) is 13.2 Å². The predicted octanol–water partition coefficient (Wildman–Crippen LogP) is 4.61. The first-order valence-corrected chi connectivity index (χ1v) is 7.15. The third-order valence-corrected chi connectivity index (χ3v) is 3.86. The van der Waals surface area contributed by atoms with Crippen LogP contribution in [-0.2, 0) is 0 Å². The van der Waals surface area contributed by atoms with Crippen molar-refractivity contribution in [2.75, 3.05) is 7.11 Å². The Morgan fingerprint density at radius 2 is 1.95 bits per heavy atom. The van der Waals surface area contributed by atoms with Crippen LogP contribution >= 0.6 is 27.5 Å². The van der Waals surface area contributed by atoms with E-state index in [1.54, 1.807) is 12.1 Å². The van der Waals surface area contributed by atoms with Crippen molar-refractivity contribution < 1.29 is 9.13 Å². The zero-order valence-corrected chi connectivity index (χ0v) is 13.4. The normalized spacial score (nSPS) is 12.3. The van der Waals surface area contributed by atoms with E-state index in [2.05, 4.69) is 15.9 Å². The van der Waals surface area contributed by atoms with E-state index in [0.717, 1.165) is 11.1 Å². The number of hydrogen-bond acceptors (Lipinski definition) is 2. The molecule has 5 heteroatoms. The van der Waals surface area contributed by atoms with Crippen LogP contribution in [-0.4, -0.2) is 7.11 Å². The molecule has 0 heterocycles. The summed E-state index contributed by atoms with van der Waals surface area (Å²) in [4.78, 5) is 0. The molecule has 2 N–H and O–H groups in total. The molecule has 0 fully saturated rings. The number of hydrogen-bond donors (Lipinski definition) is 1. The highest BCUT2D eigenvalue weighted by Gasteiger charge is 2.17. The van der Waals surface area contributed by atoms with Crippen LogP contribution in [0.1, 0.15) is 22.7 Å². The van der Waals surface area contributed by atoms with Gasteiger partial charge in [-0.25, -0.2) is 4.39 Å². The molecule has 2 aromatic carbocycles. The SMILES string of the molecule is COc1cc(F)c(Br)cc1C(N)c1cc(C)cc(Cl)c1. The fraction of sp³-hybridized carbons (Fsp3) is 0.200. The Hall–Kier alpha value is -1.10. The largest absolute Gasteiger partial charge is 0.496 e. The maximum Gasteiger partial charge on any atom is 0.141 e. The molecule has 20 heavy (non-hydrogen) atoms. The number of aryl methyl sites for hydroxylation is 1. The molecular formula is C15H14BrClFNO. The molecule has 2 nitrogen and oxygen atoms in total. The van der Waals surface area contributed by atoms with Crippen LogP contribution in [0.3, 0.4) is 0 Å². The highest BCUT2D eigenvalue weighted by Crippen LogP contribution is 2.33. The Balaban J connectivity index is 2.52. The minimum Gasteiger partial charge on any atom is -0.496 e. The maximum atomic E-state index is 13.6. The minimum absolute atomic E-state index is 0.350. The van der Waals surface area contributed by atoms with Crippen molar-refractivity contribution in [1.82, 2.24) is 0 Å². The van der Waals surface area contributed by atoms with Gasteiger partial charge in [0.25, 0.3) is 0 Å². The van der Waals surface area contributed by atoms with Crippen molar-refractivity contribution in [2.45, 2.75) is 13.0 Å². The first-order chi connectivity index (χ1) is 9.42. The van der Waals surface area contributed by atoms with Gasteiger partial charge in [0.2, 0.25) is 0 Å². The highest BCUT2D eigenvalue weighted by atomic mass is 79.9. The maximum absolute atomic E-state index is 13.6. The second kappa shape index (κ2) is 6.12. The first-order valence-electron chi connectivity index (χ1n) is 5.98. The molecule has 0 radical (unpaired) electrons. The quantitative estimate of drug-likeness (QED) is 0.870. The van der Waals surface area contributed by atoms with Crippen molar-refractivity contribution in [3.8, 4) is 5.75 Å². The van der Waals surface area contributed by atoms with Gasteiger partial charge in [-0.05, 0) is 52.2 Å². The second-order valence-electron chi connectivity index (χ2n) is 4.55. The van der Waals surface area contributed by atoms with Gasteiger partial charge in [-0.1, -0.05) is 17.7 Å². The van der Waals surface area contributed by atoms with Gasteiger partial charge < -0.3 is 10.5 Å². The molecule has 2 rings (SSSR count). The molecule has 0 spiro atoms. The second-order valence-corrected chi connectivity index (χ2v) is 5.84. The van der Waals surface area contributed by atoms with E-state index in [0.29, 0.717) is 20.8 Å². The Kier molecular flexibility index (Phi) is 4.68. The fourth-order valence-electron chi connectivity index (χ4n) is 2.09. The fourth-order valence-corrected chi connectivity index (χ4v) is 2.75. The minimum atomic E-state index is -0.445. The number of methoxy groups -OCH3 is 1. The monoisotopic (exact) mass is 357 g/mol. The molecule has 0 amide bonds. The molecular weight excluding hydrogens is 345 g/mol. The van der Waals surface area contributed by atoms with Crippen molar-refractivity contribution >= 4 is 27.5 Å². The molecule has 0 aliphatic rings. The van der Waals surface area contributed by atoms with Crippen LogP contribution < -0.4 is 10.5 Å². The van der Waals surface area contributed by atoms with E-state index in [4.69, 9.17) is 22.1 Å². The lowest BCUT2D eigenvalue weighted by Crippen LogP contribution is -2.13. The topological polar surface area (TPSA) is 35.2 Å². The van der Waals surface area contributed by atoms with Crippen LogP contribution in [0.2, 0.25) is 5.02 Å². The molecule has 2 aromatic rings. The summed E-state index contributed by atoms with van der Waals surface area (Å²) >= 11 is 9.22. The Labute approximate surface area is 130 Å².